The predicted octanol–water partition coefficient (Wildman–Crippen LogP) is 4.50. The van der Waals surface area contributed by atoms with Gasteiger partial charge in [0.15, 0.2) is 5.78 Å². The van der Waals surface area contributed by atoms with Gasteiger partial charge >= 0.3 is 0 Å². The second kappa shape index (κ2) is 10.4. The van der Waals surface area contributed by atoms with E-state index in [1.54, 1.807) is 12.1 Å². The van der Waals surface area contributed by atoms with Crippen molar-refractivity contribution in [3.05, 3.63) is 54.1 Å². The fraction of sp³-hybridized carbons (Fsp3) is 0.364. The molecule has 1 amide bonds. The molecule has 0 atom stereocenters. The number of benzene rings is 2. The van der Waals surface area contributed by atoms with Gasteiger partial charge in [-0.15, -0.1) is 0 Å². The molecule has 2 rings (SSSR count). The summed E-state index contributed by atoms with van der Waals surface area (Å²) in [5.74, 6) is 0.155. The quantitative estimate of drug-likeness (QED) is 0.368. The lowest BCUT2D eigenvalue weighted by Gasteiger charge is -2.12. The average molecular weight is 367 g/mol. The number of amides is 1. The number of nitrogens with zero attached hydrogens (tertiary/aromatic N) is 1. The maximum atomic E-state index is 12.2. The van der Waals surface area contributed by atoms with Crippen LogP contribution in [-0.2, 0) is 4.79 Å². The molecule has 0 aliphatic rings. The molecule has 0 heterocycles. The number of Topliss-reactive ketones (excluding diaryl/α,β-unsaturated/α-hetero) is 1. The molecule has 27 heavy (non-hydrogen) atoms. The van der Waals surface area contributed by atoms with Crippen LogP contribution < -0.4 is 16.0 Å². The molecule has 0 spiro atoms. The zero-order chi connectivity index (χ0) is 19.6. The Balaban J connectivity index is 1.60. The number of hydrogen-bond acceptors (Lipinski definition) is 4. The topological polar surface area (TPSA) is 75.4 Å². The van der Waals surface area contributed by atoms with Crippen LogP contribution in [0, 0.1) is 0 Å². The fourth-order valence-electron chi connectivity index (χ4n) is 2.84. The monoisotopic (exact) mass is 367 g/mol. The van der Waals surface area contributed by atoms with Crippen molar-refractivity contribution >= 4 is 28.8 Å². The van der Waals surface area contributed by atoms with Crippen molar-refractivity contribution < 1.29 is 9.59 Å². The Morgan fingerprint density at radius 1 is 0.889 bits per heavy atom. The van der Waals surface area contributed by atoms with Crippen molar-refractivity contribution in [2.24, 2.45) is 0 Å². The molecule has 144 valence electrons. The molecule has 0 bridgehead atoms. The maximum Gasteiger partial charge on any atom is 0.224 e. The van der Waals surface area contributed by atoms with Gasteiger partial charge in [0.05, 0.1) is 11.4 Å². The summed E-state index contributed by atoms with van der Waals surface area (Å²) >= 11 is 0. The smallest absolute Gasteiger partial charge is 0.224 e. The molecule has 0 unspecified atom stereocenters. The largest absolute Gasteiger partial charge is 0.397 e. The number of carbonyl (C=O) groups excluding carboxylic acids is 2. The molecule has 2 aromatic rings. The highest BCUT2D eigenvalue weighted by molar-refractivity contribution is 5.96. The Hall–Kier alpha value is -2.82. The van der Waals surface area contributed by atoms with Crippen molar-refractivity contribution in [2.75, 3.05) is 30.0 Å². The third-order valence-electron chi connectivity index (χ3n) is 4.50. The van der Waals surface area contributed by atoms with Crippen molar-refractivity contribution in [3.8, 4) is 0 Å². The summed E-state index contributed by atoms with van der Waals surface area (Å²) in [7, 11) is 3.96. The molecule has 0 aliphatic carbocycles. The third-order valence-corrected chi connectivity index (χ3v) is 4.50. The van der Waals surface area contributed by atoms with E-state index in [4.69, 9.17) is 5.73 Å². The van der Waals surface area contributed by atoms with E-state index < -0.39 is 0 Å². The summed E-state index contributed by atoms with van der Waals surface area (Å²) in [6, 6.07) is 14.9. The fourth-order valence-corrected chi connectivity index (χ4v) is 2.84. The van der Waals surface area contributed by atoms with Crippen molar-refractivity contribution in [3.63, 3.8) is 0 Å². The number of ketones is 1. The molecule has 5 nitrogen and oxygen atoms in total. The molecule has 0 fully saturated rings. The molecular formula is C22H29N3O2. The molecule has 2 aromatic carbocycles. The summed E-state index contributed by atoms with van der Waals surface area (Å²) in [6.07, 6.45) is 4.56. The first-order valence-electron chi connectivity index (χ1n) is 9.42. The van der Waals surface area contributed by atoms with Gasteiger partial charge in [-0.2, -0.15) is 0 Å². The minimum absolute atomic E-state index is 0.0232. The van der Waals surface area contributed by atoms with Crippen molar-refractivity contribution in [1.29, 1.82) is 0 Å². The van der Waals surface area contributed by atoms with Crippen LogP contribution in [0.25, 0.3) is 0 Å². The van der Waals surface area contributed by atoms with Crippen molar-refractivity contribution in [1.82, 2.24) is 0 Å². The maximum absolute atomic E-state index is 12.2. The second-order valence-electron chi connectivity index (χ2n) is 6.91. The van der Waals surface area contributed by atoms with E-state index in [0.717, 1.165) is 36.9 Å². The molecular weight excluding hydrogens is 338 g/mol. The van der Waals surface area contributed by atoms with E-state index in [1.165, 1.54) is 0 Å². The molecule has 5 heteroatoms. The van der Waals surface area contributed by atoms with Gasteiger partial charge in [-0.25, -0.2) is 0 Å². The number of nitrogens with two attached hydrogens (primary N) is 1. The SMILES string of the molecule is CN(C)c1ccc(C(=O)CCCCCCC(=O)Nc2ccccc2N)cc1. The average Bonchev–Trinajstić information content (AvgIpc) is 2.66. The molecule has 3 N–H and O–H groups in total. The minimum atomic E-state index is -0.0232. The van der Waals surface area contributed by atoms with Gasteiger partial charge in [0.1, 0.15) is 0 Å². The lowest BCUT2D eigenvalue weighted by atomic mass is 10.0. The lowest BCUT2D eigenvalue weighted by Crippen LogP contribution is -2.12. The molecule has 0 aromatic heterocycles. The number of anilines is 3. The first-order valence-corrected chi connectivity index (χ1v) is 9.42. The Bertz CT molecular complexity index is 754. The van der Waals surface area contributed by atoms with Crippen LogP contribution in [0.4, 0.5) is 17.1 Å². The minimum Gasteiger partial charge on any atom is -0.397 e. The van der Waals surface area contributed by atoms with Crippen LogP contribution >= 0.6 is 0 Å². The third kappa shape index (κ3) is 6.77. The number of para-hydroxylation sites is 2. The molecule has 0 saturated carbocycles. The number of unbranched alkanes of at least 4 members (excludes halogenated alkanes) is 3. The van der Waals surface area contributed by atoms with Gasteiger partial charge in [0.25, 0.3) is 0 Å². The van der Waals surface area contributed by atoms with Crippen LogP contribution in [0.5, 0.6) is 0 Å². The highest BCUT2D eigenvalue weighted by atomic mass is 16.1. The summed E-state index contributed by atoms with van der Waals surface area (Å²) in [5.41, 5.74) is 8.90. The first-order chi connectivity index (χ1) is 13.0. The van der Waals surface area contributed by atoms with Crippen molar-refractivity contribution in [2.45, 2.75) is 38.5 Å². The van der Waals surface area contributed by atoms with E-state index in [2.05, 4.69) is 5.32 Å². The lowest BCUT2D eigenvalue weighted by molar-refractivity contribution is -0.116. The Morgan fingerprint density at radius 2 is 1.52 bits per heavy atom. The zero-order valence-electron chi connectivity index (χ0n) is 16.2. The van der Waals surface area contributed by atoms with E-state index >= 15 is 0 Å². The summed E-state index contributed by atoms with van der Waals surface area (Å²) < 4.78 is 0. The van der Waals surface area contributed by atoms with E-state index in [0.29, 0.717) is 24.2 Å². The highest BCUT2D eigenvalue weighted by Gasteiger charge is 2.07. The van der Waals surface area contributed by atoms with Gasteiger partial charge in [0.2, 0.25) is 5.91 Å². The first kappa shape index (κ1) is 20.5. The standard InChI is InChI=1S/C22H29N3O2/c1-25(2)18-15-13-17(14-16-18)21(26)11-5-3-4-6-12-22(27)24-20-10-8-7-9-19(20)23/h7-10,13-16H,3-6,11-12,23H2,1-2H3,(H,24,27). The number of nitrogen functional groups attached to an aromatic ring is 1. The summed E-state index contributed by atoms with van der Waals surface area (Å²) in [4.78, 5) is 26.2. The Labute approximate surface area is 161 Å². The number of carbonyl (C=O) groups is 2. The molecule has 0 radical (unpaired) electrons. The van der Waals surface area contributed by atoms with Gasteiger partial charge in [-0.3, -0.25) is 9.59 Å². The van der Waals surface area contributed by atoms with Gasteiger partial charge in [0, 0.05) is 38.2 Å². The van der Waals surface area contributed by atoms with Crippen LogP contribution in [0.3, 0.4) is 0 Å². The number of hydrogen-bond donors (Lipinski definition) is 2. The molecule has 0 saturated heterocycles. The predicted molar refractivity (Wildman–Crippen MR) is 112 cm³/mol. The van der Waals surface area contributed by atoms with Crippen LogP contribution in [0.2, 0.25) is 0 Å². The van der Waals surface area contributed by atoms with Gasteiger partial charge in [-0.1, -0.05) is 25.0 Å². The van der Waals surface area contributed by atoms with Crippen LogP contribution in [0.1, 0.15) is 48.9 Å². The zero-order valence-corrected chi connectivity index (χ0v) is 16.2. The number of nitrogens with one attached hydrogen (secondary N) is 1. The number of rotatable bonds is 10. The van der Waals surface area contributed by atoms with Gasteiger partial charge in [-0.05, 0) is 49.2 Å². The van der Waals surface area contributed by atoms with E-state index in [1.807, 2.05) is 55.4 Å². The van der Waals surface area contributed by atoms with E-state index in [9.17, 15) is 9.59 Å². The normalized spacial score (nSPS) is 10.4. The van der Waals surface area contributed by atoms with Crippen LogP contribution in [0.15, 0.2) is 48.5 Å². The highest BCUT2D eigenvalue weighted by Crippen LogP contribution is 2.18. The molecule has 0 aliphatic heterocycles. The van der Waals surface area contributed by atoms with Gasteiger partial charge < -0.3 is 16.0 Å². The summed E-state index contributed by atoms with van der Waals surface area (Å²) in [5, 5.41) is 2.83. The Kier molecular flexibility index (Phi) is 7.86. The summed E-state index contributed by atoms with van der Waals surface area (Å²) in [6.45, 7) is 0. The second-order valence-corrected chi connectivity index (χ2v) is 6.91. The Morgan fingerprint density at radius 3 is 2.15 bits per heavy atom. The van der Waals surface area contributed by atoms with E-state index in [-0.39, 0.29) is 11.7 Å². The van der Waals surface area contributed by atoms with Crippen LogP contribution in [-0.4, -0.2) is 25.8 Å².